The Balaban J connectivity index is 1.76. The highest BCUT2D eigenvalue weighted by Crippen LogP contribution is 2.29. The number of hydrogen-bond donors (Lipinski definition) is 1. The van der Waals surface area contributed by atoms with Crippen LogP contribution in [-0.4, -0.2) is 18.1 Å². The number of aromatic amines is 1. The molecule has 0 aliphatic heterocycles. The van der Waals surface area contributed by atoms with Gasteiger partial charge in [0.15, 0.2) is 0 Å². The molecular weight excluding hydrogens is 290 g/mol. The van der Waals surface area contributed by atoms with Gasteiger partial charge in [-0.3, -0.25) is 4.79 Å². The van der Waals surface area contributed by atoms with Crippen molar-refractivity contribution >= 4 is 16.9 Å². The fourth-order valence-corrected chi connectivity index (χ4v) is 2.59. The van der Waals surface area contributed by atoms with Crippen LogP contribution in [0.15, 0.2) is 54.7 Å². The van der Waals surface area contributed by atoms with E-state index in [2.05, 4.69) is 4.98 Å². The number of carbonyl (C=O) groups excluding carboxylic acids is 1. The van der Waals surface area contributed by atoms with E-state index in [0.29, 0.717) is 0 Å². The summed E-state index contributed by atoms with van der Waals surface area (Å²) in [5, 5.41) is 0.980. The Morgan fingerprint density at radius 3 is 2.70 bits per heavy atom. The molecule has 0 radical (unpaired) electrons. The van der Waals surface area contributed by atoms with E-state index >= 15 is 0 Å². The predicted molar refractivity (Wildman–Crippen MR) is 89.5 cm³/mol. The Morgan fingerprint density at radius 2 is 1.96 bits per heavy atom. The first-order chi connectivity index (χ1) is 11.2. The van der Waals surface area contributed by atoms with Gasteiger partial charge >= 0.3 is 5.97 Å². The lowest BCUT2D eigenvalue weighted by Gasteiger charge is -2.11. The number of rotatable bonds is 5. The van der Waals surface area contributed by atoms with Crippen LogP contribution in [0.3, 0.4) is 0 Å². The summed E-state index contributed by atoms with van der Waals surface area (Å²) in [5.41, 5.74) is 2.87. The quantitative estimate of drug-likeness (QED) is 0.724. The summed E-state index contributed by atoms with van der Waals surface area (Å²) in [4.78, 5) is 15.5. The molecule has 0 bridgehead atoms. The first-order valence-corrected chi connectivity index (χ1v) is 7.54. The van der Waals surface area contributed by atoms with Gasteiger partial charge in [-0.1, -0.05) is 30.3 Å². The predicted octanol–water partition coefficient (Wildman–Crippen LogP) is 4.02. The summed E-state index contributed by atoms with van der Waals surface area (Å²) in [5.74, 6) is 0.181. The molecule has 23 heavy (non-hydrogen) atoms. The number of ether oxygens (including phenoxy) is 2. The van der Waals surface area contributed by atoms with Crippen molar-refractivity contribution in [2.24, 2.45) is 0 Å². The van der Waals surface area contributed by atoms with Gasteiger partial charge in [0.25, 0.3) is 0 Å². The second-order valence-corrected chi connectivity index (χ2v) is 5.47. The SMILES string of the molecule is COc1ccc2[nH]cc(C(C)C(=O)OCc3ccccc3)c2c1. The number of nitrogens with one attached hydrogen (secondary N) is 1. The van der Waals surface area contributed by atoms with E-state index in [1.54, 1.807) is 7.11 Å². The summed E-state index contributed by atoms with van der Waals surface area (Å²) < 4.78 is 10.7. The molecule has 3 aromatic rings. The molecule has 1 aromatic heterocycles. The van der Waals surface area contributed by atoms with E-state index in [0.717, 1.165) is 27.8 Å². The van der Waals surface area contributed by atoms with Crippen LogP contribution >= 0.6 is 0 Å². The van der Waals surface area contributed by atoms with Crippen molar-refractivity contribution in [1.82, 2.24) is 4.98 Å². The van der Waals surface area contributed by atoms with Crippen LogP contribution in [0.1, 0.15) is 24.0 Å². The minimum absolute atomic E-state index is 0.238. The fourth-order valence-electron chi connectivity index (χ4n) is 2.59. The zero-order valence-electron chi connectivity index (χ0n) is 13.2. The number of benzene rings is 2. The van der Waals surface area contributed by atoms with Crippen molar-refractivity contribution in [3.05, 3.63) is 65.9 Å². The van der Waals surface area contributed by atoms with E-state index in [1.807, 2.05) is 61.7 Å². The lowest BCUT2D eigenvalue weighted by Crippen LogP contribution is -2.12. The van der Waals surface area contributed by atoms with Gasteiger partial charge in [0, 0.05) is 17.1 Å². The Morgan fingerprint density at radius 1 is 1.17 bits per heavy atom. The maximum atomic E-state index is 12.3. The number of carbonyl (C=O) groups is 1. The highest BCUT2D eigenvalue weighted by molar-refractivity contribution is 5.90. The molecule has 0 fully saturated rings. The van der Waals surface area contributed by atoms with Gasteiger partial charge in [-0.15, -0.1) is 0 Å². The lowest BCUT2D eigenvalue weighted by molar-refractivity contribution is -0.146. The monoisotopic (exact) mass is 309 g/mol. The number of methoxy groups -OCH3 is 1. The third-order valence-corrected chi connectivity index (χ3v) is 3.96. The average Bonchev–Trinajstić information content (AvgIpc) is 3.02. The summed E-state index contributed by atoms with van der Waals surface area (Å²) in [7, 11) is 1.63. The Kier molecular flexibility index (Phi) is 4.33. The number of hydrogen-bond acceptors (Lipinski definition) is 3. The van der Waals surface area contributed by atoms with Gasteiger partial charge in [0.1, 0.15) is 12.4 Å². The van der Waals surface area contributed by atoms with Gasteiger partial charge in [0.05, 0.1) is 13.0 Å². The van der Waals surface area contributed by atoms with Crippen molar-refractivity contribution in [2.45, 2.75) is 19.4 Å². The number of aromatic nitrogens is 1. The smallest absolute Gasteiger partial charge is 0.313 e. The number of H-pyrrole nitrogens is 1. The van der Waals surface area contributed by atoms with E-state index < -0.39 is 0 Å². The fraction of sp³-hybridized carbons (Fsp3) is 0.211. The highest BCUT2D eigenvalue weighted by atomic mass is 16.5. The molecule has 1 unspecified atom stereocenters. The van der Waals surface area contributed by atoms with Crippen LogP contribution in [0.4, 0.5) is 0 Å². The first kappa shape index (κ1) is 15.2. The zero-order valence-corrected chi connectivity index (χ0v) is 13.2. The molecule has 1 atom stereocenters. The van der Waals surface area contributed by atoms with E-state index in [1.165, 1.54) is 0 Å². The number of esters is 1. The van der Waals surface area contributed by atoms with E-state index in [-0.39, 0.29) is 18.5 Å². The van der Waals surface area contributed by atoms with Gasteiger partial charge < -0.3 is 14.5 Å². The van der Waals surface area contributed by atoms with Crippen LogP contribution in [0, 0.1) is 0 Å². The van der Waals surface area contributed by atoms with Crippen LogP contribution in [-0.2, 0) is 16.1 Å². The van der Waals surface area contributed by atoms with Crippen molar-refractivity contribution in [2.75, 3.05) is 7.11 Å². The average molecular weight is 309 g/mol. The second-order valence-electron chi connectivity index (χ2n) is 5.47. The molecule has 4 nitrogen and oxygen atoms in total. The largest absolute Gasteiger partial charge is 0.497 e. The Bertz CT molecular complexity index is 808. The molecule has 0 aliphatic rings. The zero-order chi connectivity index (χ0) is 16.2. The van der Waals surface area contributed by atoms with Crippen molar-refractivity contribution in [3.8, 4) is 5.75 Å². The van der Waals surface area contributed by atoms with Gasteiger partial charge in [-0.25, -0.2) is 0 Å². The van der Waals surface area contributed by atoms with Crippen LogP contribution in [0.25, 0.3) is 10.9 Å². The standard InChI is InChI=1S/C19H19NO3/c1-13(19(21)23-12-14-6-4-3-5-7-14)17-11-20-18-9-8-15(22-2)10-16(17)18/h3-11,13,20H,12H2,1-2H3. The van der Waals surface area contributed by atoms with Crippen LogP contribution in [0.5, 0.6) is 5.75 Å². The molecule has 2 aromatic carbocycles. The molecule has 0 saturated carbocycles. The summed E-state index contributed by atoms with van der Waals surface area (Å²) in [6, 6.07) is 15.4. The van der Waals surface area contributed by atoms with Crippen LogP contribution < -0.4 is 4.74 Å². The summed E-state index contributed by atoms with van der Waals surface area (Å²) in [6.45, 7) is 2.14. The third kappa shape index (κ3) is 3.21. The molecule has 1 heterocycles. The third-order valence-electron chi connectivity index (χ3n) is 3.96. The molecule has 0 amide bonds. The normalized spacial score (nSPS) is 12.1. The first-order valence-electron chi connectivity index (χ1n) is 7.54. The molecule has 3 rings (SSSR count). The van der Waals surface area contributed by atoms with Gasteiger partial charge in [0.2, 0.25) is 0 Å². The van der Waals surface area contributed by atoms with Crippen molar-refractivity contribution in [1.29, 1.82) is 0 Å². The number of fused-ring (bicyclic) bond motifs is 1. The molecule has 118 valence electrons. The second kappa shape index (κ2) is 6.57. The Labute approximate surface area is 135 Å². The van der Waals surface area contributed by atoms with E-state index in [4.69, 9.17) is 9.47 Å². The van der Waals surface area contributed by atoms with Gasteiger partial charge in [-0.05, 0) is 36.2 Å². The topological polar surface area (TPSA) is 51.3 Å². The maximum Gasteiger partial charge on any atom is 0.313 e. The summed E-state index contributed by atoms with van der Waals surface area (Å²) >= 11 is 0. The molecule has 1 N–H and O–H groups in total. The molecule has 0 spiro atoms. The minimum atomic E-state index is -0.348. The van der Waals surface area contributed by atoms with Crippen LogP contribution in [0.2, 0.25) is 0 Å². The maximum absolute atomic E-state index is 12.3. The Hall–Kier alpha value is -2.75. The summed E-state index contributed by atoms with van der Waals surface area (Å²) in [6.07, 6.45) is 1.86. The van der Waals surface area contributed by atoms with Crippen molar-refractivity contribution in [3.63, 3.8) is 0 Å². The minimum Gasteiger partial charge on any atom is -0.497 e. The molecule has 0 aliphatic carbocycles. The molecular formula is C19H19NO3. The van der Waals surface area contributed by atoms with Crippen molar-refractivity contribution < 1.29 is 14.3 Å². The highest BCUT2D eigenvalue weighted by Gasteiger charge is 2.20. The molecule has 0 saturated heterocycles. The van der Waals surface area contributed by atoms with Gasteiger partial charge in [-0.2, -0.15) is 0 Å². The molecule has 4 heteroatoms. The lowest BCUT2D eigenvalue weighted by atomic mass is 10.0. The van der Waals surface area contributed by atoms with E-state index in [9.17, 15) is 4.79 Å².